The highest BCUT2D eigenvalue weighted by molar-refractivity contribution is 6.32. The summed E-state index contributed by atoms with van der Waals surface area (Å²) in [7, 11) is 1.56. The molecule has 1 aromatic heterocycles. The Morgan fingerprint density at radius 3 is 3.00 bits per heavy atom. The Morgan fingerprint density at radius 1 is 1.69 bits per heavy atom. The molecule has 86 valence electrons. The molecule has 0 saturated heterocycles. The summed E-state index contributed by atoms with van der Waals surface area (Å²) in [4.78, 5) is 15.3. The van der Waals surface area contributed by atoms with Gasteiger partial charge in [-0.2, -0.15) is 0 Å². The summed E-state index contributed by atoms with van der Waals surface area (Å²) in [6, 6.07) is 1.57. The molecular formula is C11H13ClN2O2. The Hall–Kier alpha value is -1.29. The maximum absolute atomic E-state index is 11.3. The molecule has 0 unspecified atom stereocenters. The zero-order chi connectivity index (χ0) is 11.5. The Bertz CT molecular complexity index is 405. The number of aromatic nitrogens is 1. The summed E-state index contributed by atoms with van der Waals surface area (Å²) >= 11 is 5.97. The van der Waals surface area contributed by atoms with Gasteiger partial charge in [0.1, 0.15) is 5.02 Å². The maximum Gasteiger partial charge on any atom is 0.252 e. The van der Waals surface area contributed by atoms with E-state index in [-0.39, 0.29) is 5.91 Å². The second-order valence-corrected chi connectivity index (χ2v) is 4.25. The minimum absolute atomic E-state index is 0.205. The van der Waals surface area contributed by atoms with E-state index in [1.54, 1.807) is 13.1 Å². The van der Waals surface area contributed by atoms with Crippen LogP contribution in [-0.2, 0) is 0 Å². The van der Waals surface area contributed by atoms with Crippen LogP contribution in [0.4, 0.5) is 0 Å². The highest BCUT2D eigenvalue weighted by atomic mass is 35.5. The van der Waals surface area contributed by atoms with Crippen LogP contribution in [0, 0.1) is 5.92 Å². The van der Waals surface area contributed by atoms with Gasteiger partial charge >= 0.3 is 0 Å². The van der Waals surface area contributed by atoms with Crippen molar-refractivity contribution in [3.8, 4) is 5.88 Å². The van der Waals surface area contributed by atoms with Crippen LogP contribution in [0.25, 0.3) is 0 Å². The van der Waals surface area contributed by atoms with E-state index in [0.717, 1.165) is 0 Å². The first-order valence-corrected chi connectivity index (χ1v) is 5.59. The van der Waals surface area contributed by atoms with E-state index in [0.29, 0.717) is 29.0 Å². The molecular weight excluding hydrogens is 228 g/mol. The molecule has 16 heavy (non-hydrogen) atoms. The molecule has 1 amide bonds. The van der Waals surface area contributed by atoms with E-state index in [1.807, 2.05) is 0 Å². The number of nitrogens with zero attached hydrogens (tertiary/aromatic N) is 1. The van der Waals surface area contributed by atoms with Gasteiger partial charge in [0.25, 0.3) is 5.91 Å². The van der Waals surface area contributed by atoms with Crippen molar-refractivity contribution in [2.24, 2.45) is 5.92 Å². The number of ether oxygens (including phenoxy) is 1. The van der Waals surface area contributed by atoms with Crippen molar-refractivity contribution in [2.75, 3.05) is 13.7 Å². The molecule has 0 atom stereocenters. The van der Waals surface area contributed by atoms with E-state index in [2.05, 4.69) is 10.3 Å². The van der Waals surface area contributed by atoms with Gasteiger partial charge in [-0.05, 0) is 24.8 Å². The lowest BCUT2D eigenvalue weighted by atomic mass is 10.3. The summed E-state index contributed by atoms with van der Waals surface area (Å²) in [6.07, 6.45) is 3.90. The minimum atomic E-state index is -0.205. The predicted octanol–water partition coefficient (Wildman–Crippen LogP) is 1.88. The minimum Gasteiger partial charge on any atom is -0.476 e. The lowest BCUT2D eigenvalue weighted by Gasteiger charge is -2.07. The molecule has 1 saturated carbocycles. The van der Waals surface area contributed by atoms with Crippen LogP contribution in [0.3, 0.4) is 0 Å². The average Bonchev–Trinajstić information content (AvgIpc) is 3.10. The van der Waals surface area contributed by atoms with E-state index >= 15 is 0 Å². The first-order valence-electron chi connectivity index (χ1n) is 5.21. The van der Waals surface area contributed by atoms with E-state index in [1.165, 1.54) is 19.0 Å². The normalized spacial score (nSPS) is 14.6. The summed E-state index contributed by atoms with van der Waals surface area (Å²) in [5.74, 6) is 0.848. The first kappa shape index (κ1) is 11.2. The summed E-state index contributed by atoms with van der Waals surface area (Å²) in [5.41, 5.74) is 0.436. The topological polar surface area (TPSA) is 51.2 Å². The molecule has 0 radical (unpaired) electrons. The number of hydrogen-bond acceptors (Lipinski definition) is 3. The third-order valence-electron chi connectivity index (χ3n) is 2.45. The maximum atomic E-state index is 11.3. The molecule has 0 aliphatic heterocycles. The van der Waals surface area contributed by atoms with Gasteiger partial charge < -0.3 is 10.1 Å². The van der Waals surface area contributed by atoms with Gasteiger partial charge in [0.15, 0.2) is 0 Å². The first-order chi connectivity index (χ1) is 7.70. The van der Waals surface area contributed by atoms with Gasteiger partial charge in [-0.25, -0.2) is 4.98 Å². The number of amides is 1. The molecule has 1 aliphatic rings. The van der Waals surface area contributed by atoms with Gasteiger partial charge in [-0.3, -0.25) is 4.79 Å². The van der Waals surface area contributed by atoms with Crippen molar-refractivity contribution in [1.29, 1.82) is 0 Å². The number of carbonyl (C=O) groups excluding carboxylic acids is 1. The quantitative estimate of drug-likeness (QED) is 0.874. The molecule has 0 spiro atoms. The Morgan fingerprint density at radius 2 is 2.44 bits per heavy atom. The van der Waals surface area contributed by atoms with Crippen molar-refractivity contribution in [3.05, 3.63) is 22.8 Å². The standard InChI is InChI=1S/C11H13ClN2O2/c1-13-10(15)8-4-9(12)11(14-5-8)16-6-7-2-3-7/h4-5,7H,2-3,6H2,1H3,(H,13,15). The van der Waals surface area contributed by atoms with Crippen LogP contribution in [0.2, 0.25) is 5.02 Å². The summed E-state index contributed by atoms with van der Waals surface area (Å²) in [6.45, 7) is 0.659. The van der Waals surface area contributed by atoms with E-state index in [4.69, 9.17) is 16.3 Å². The van der Waals surface area contributed by atoms with Crippen molar-refractivity contribution in [2.45, 2.75) is 12.8 Å². The Balaban J connectivity index is 2.05. The van der Waals surface area contributed by atoms with Gasteiger partial charge in [-0.1, -0.05) is 11.6 Å². The summed E-state index contributed by atoms with van der Waals surface area (Å²) < 4.78 is 5.45. The fraction of sp³-hybridized carbons (Fsp3) is 0.455. The SMILES string of the molecule is CNC(=O)c1cnc(OCC2CC2)c(Cl)c1. The van der Waals surface area contributed by atoms with Gasteiger partial charge in [0.05, 0.1) is 12.2 Å². The lowest BCUT2D eigenvalue weighted by molar-refractivity contribution is 0.0962. The second kappa shape index (κ2) is 4.70. The molecule has 2 rings (SSSR count). The fourth-order valence-corrected chi connectivity index (χ4v) is 1.50. The zero-order valence-corrected chi connectivity index (χ0v) is 9.75. The van der Waals surface area contributed by atoms with E-state index in [9.17, 15) is 4.79 Å². The monoisotopic (exact) mass is 240 g/mol. The summed E-state index contributed by atoms with van der Waals surface area (Å²) in [5, 5.41) is 2.89. The van der Waals surface area contributed by atoms with Crippen LogP contribution in [0.1, 0.15) is 23.2 Å². The predicted molar refractivity (Wildman–Crippen MR) is 60.9 cm³/mol. The molecule has 1 heterocycles. The third-order valence-corrected chi connectivity index (χ3v) is 2.72. The van der Waals surface area contributed by atoms with Gasteiger partial charge in [-0.15, -0.1) is 0 Å². The molecule has 1 aromatic rings. The zero-order valence-electron chi connectivity index (χ0n) is 9.00. The number of nitrogens with one attached hydrogen (secondary N) is 1. The molecule has 1 fully saturated rings. The van der Waals surface area contributed by atoms with Crippen molar-refractivity contribution in [1.82, 2.24) is 10.3 Å². The van der Waals surface area contributed by atoms with Crippen LogP contribution in [0.15, 0.2) is 12.3 Å². The van der Waals surface area contributed by atoms with E-state index < -0.39 is 0 Å². The molecule has 4 nitrogen and oxygen atoms in total. The lowest BCUT2D eigenvalue weighted by Crippen LogP contribution is -2.18. The Kier molecular flexibility index (Phi) is 3.29. The van der Waals surface area contributed by atoms with Crippen molar-refractivity contribution in [3.63, 3.8) is 0 Å². The smallest absolute Gasteiger partial charge is 0.252 e. The highest BCUT2D eigenvalue weighted by Gasteiger charge is 2.22. The second-order valence-electron chi connectivity index (χ2n) is 3.84. The van der Waals surface area contributed by atoms with Crippen molar-refractivity contribution < 1.29 is 9.53 Å². The van der Waals surface area contributed by atoms with Gasteiger partial charge in [0.2, 0.25) is 5.88 Å². The molecule has 1 aliphatic carbocycles. The average molecular weight is 241 g/mol. The molecule has 1 N–H and O–H groups in total. The molecule has 5 heteroatoms. The van der Waals surface area contributed by atoms with Crippen molar-refractivity contribution >= 4 is 17.5 Å². The fourth-order valence-electron chi connectivity index (χ4n) is 1.28. The Labute approximate surface area is 99.0 Å². The van der Waals surface area contributed by atoms with Crippen LogP contribution < -0.4 is 10.1 Å². The highest BCUT2D eigenvalue weighted by Crippen LogP contribution is 2.30. The molecule has 0 aromatic carbocycles. The molecule has 0 bridgehead atoms. The number of carbonyl (C=O) groups is 1. The number of pyridine rings is 1. The largest absolute Gasteiger partial charge is 0.476 e. The van der Waals surface area contributed by atoms with Crippen LogP contribution in [-0.4, -0.2) is 24.5 Å². The van der Waals surface area contributed by atoms with Gasteiger partial charge in [0, 0.05) is 13.2 Å². The van der Waals surface area contributed by atoms with Crippen LogP contribution in [0.5, 0.6) is 5.88 Å². The number of rotatable bonds is 4. The third kappa shape index (κ3) is 2.64. The van der Waals surface area contributed by atoms with Crippen LogP contribution >= 0.6 is 11.6 Å². The number of halogens is 1. The number of hydrogen-bond donors (Lipinski definition) is 1.